The van der Waals surface area contributed by atoms with Crippen LogP contribution >= 0.6 is 22.6 Å². The maximum absolute atomic E-state index is 12.5. The van der Waals surface area contributed by atoms with Crippen LogP contribution in [0.2, 0.25) is 0 Å². The Morgan fingerprint density at radius 1 is 1.25 bits per heavy atom. The second-order valence-electron chi connectivity index (χ2n) is 6.42. The molecule has 4 rings (SSSR count). The maximum Gasteiger partial charge on any atom is 0.204 e. The normalized spacial score (nSPS) is 14.1. The summed E-state index contributed by atoms with van der Waals surface area (Å²) in [6.07, 6.45) is 5.77. The highest BCUT2D eigenvalue weighted by Crippen LogP contribution is 2.28. The Kier molecular flexibility index (Phi) is 3.83. The highest BCUT2D eigenvalue weighted by molar-refractivity contribution is 14.1. The molecular weight excluding hydrogens is 413 g/mol. The molecule has 4 nitrogen and oxygen atoms in total. The number of likely N-dealkylation sites (N-methyl/N-ethyl adjacent to an activating group) is 1. The van der Waals surface area contributed by atoms with Gasteiger partial charge in [0.25, 0.3) is 0 Å². The third kappa shape index (κ3) is 2.51. The van der Waals surface area contributed by atoms with Crippen LogP contribution in [0, 0.1) is 3.57 Å². The number of anilines is 1. The molecule has 122 valence electrons. The third-order valence-electron chi connectivity index (χ3n) is 4.94. The van der Waals surface area contributed by atoms with Gasteiger partial charge in [0.05, 0.1) is 20.8 Å². The molecule has 0 unspecified atom stereocenters. The fourth-order valence-electron chi connectivity index (χ4n) is 3.53. The van der Waals surface area contributed by atoms with Gasteiger partial charge in [-0.15, -0.1) is 0 Å². The molecule has 0 fully saturated rings. The molecule has 1 aliphatic rings. The van der Waals surface area contributed by atoms with E-state index < -0.39 is 0 Å². The van der Waals surface area contributed by atoms with Crippen LogP contribution in [-0.4, -0.2) is 22.6 Å². The smallest absolute Gasteiger partial charge is 0.204 e. The highest BCUT2D eigenvalue weighted by Gasteiger charge is 2.25. The average Bonchev–Trinajstić information content (AvgIpc) is 3.03. The Morgan fingerprint density at radius 3 is 2.58 bits per heavy atom. The lowest BCUT2D eigenvalue weighted by Gasteiger charge is -2.26. The summed E-state index contributed by atoms with van der Waals surface area (Å²) in [5.74, 6) is 0. The van der Waals surface area contributed by atoms with Crippen LogP contribution in [0.25, 0.3) is 11.0 Å². The summed E-state index contributed by atoms with van der Waals surface area (Å²) in [5.41, 5.74) is 4.63. The van der Waals surface area contributed by atoms with Gasteiger partial charge in [0.1, 0.15) is 5.65 Å². The minimum Gasteiger partial charge on any atom is -0.370 e. The molecule has 1 aromatic carbocycles. The number of aryl methyl sites for hydroxylation is 1. The van der Waals surface area contributed by atoms with Gasteiger partial charge in [0.15, 0.2) is 0 Å². The number of nitrogens with zero attached hydrogens (tertiary/aromatic N) is 3. The van der Waals surface area contributed by atoms with Gasteiger partial charge >= 0.3 is 0 Å². The lowest BCUT2D eigenvalue weighted by molar-refractivity contribution is 0.666. The first kappa shape index (κ1) is 15.6. The van der Waals surface area contributed by atoms with Crippen molar-refractivity contribution in [2.45, 2.75) is 18.9 Å². The predicted molar refractivity (Wildman–Crippen MR) is 106 cm³/mol. The van der Waals surface area contributed by atoms with Crippen molar-refractivity contribution in [1.29, 1.82) is 0 Å². The van der Waals surface area contributed by atoms with Gasteiger partial charge in [-0.2, -0.15) is 0 Å². The van der Waals surface area contributed by atoms with Gasteiger partial charge < -0.3 is 9.47 Å². The maximum atomic E-state index is 12.5. The zero-order valence-electron chi connectivity index (χ0n) is 13.7. The van der Waals surface area contributed by atoms with Crippen molar-refractivity contribution in [2.24, 2.45) is 7.05 Å². The van der Waals surface area contributed by atoms with E-state index in [0.717, 1.165) is 27.7 Å². The highest BCUT2D eigenvalue weighted by atomic mass is 127. The molecule has 0 N–H and O–H groups in total. The summed E-state index contributed by atoms with van der Waals surface area (Å²) >= 11 is 2.09. The minimum absolute atomic E-state index is 0.0566. The van der Waals surface area contributed by atoms with E-state index in [1.165, 1.54) is 11.1 Å². The summed E-state index contributed by atoms with van der Waals surface area (Å²) in [7, 11) is 4.02. The topological polar surface area (TPSA) is 38.1 Å². The zero-order chi connectivity index (χ0) is 16.8. The van der Waals surface area contributed by atoms with Crippen LogP contribution < -0.4 is 10.3 Å². The van der Waals surface area contributed by atoms with Gasteiger partial charge in [0, 0.05) is 26.3 Å². The SMILES string of the molecule is CN(c1cnc2c(c1)c(=O)c(I)cn2C)C1Cc2ccccc2C1. The second kappa shape index (κ2) is 5.88. The van der Waals surface area contributed by atoms with Crippen LogP contribution in [0.5, 0.6) is 0 Å². The zero-order valence-corrected chi connectivity index (χ0v) is 15.8. The number of rotatable bonds is 2. The fourth-order valence-corrected chi connectivity index (χ4v) is 4.23. The van der Waals surface area contributed by atoms with Crippen molar-refractivity contribution in [1.82, 2.24) is 9.55 Å². The lowest BCUT2D eigenvalue weighted by atomic mass is 10.1. The third-order valence-corrected chi connectivity index (χ3v) is 5.71. The number of hydrogen-bond acceptors (Lipinski definition) is 3. The summed E-state index contributed by atoms with van der Waals surface area (Å²) < 4.78 is 2.63. The van der Waals surface area contributed by atoms with Crippen LogP contribution in [0.4, 0.5) is 5.69 Å². The summed E-state index contributed by atoms with van der Waals surface area (Å²) in [5, 5.41) is 0.685. The van der Waals surface area contributed by atoms with E-state index in [9.17, 15) is 4.79 Å². The number of benzene rings is 1. The van der Waals surface area contributed by atoms with Crippen LogP contribution in [0.3, 0.4) is 0 Å². The van der Waals surface area contributed by atoms with Gasteiger partial charge in [-0.25, -0.2) is 4.98 Å². The van der Waals surface area contributed by atoms with E-state index in [1.807, 2.05) is 30.1 Å². The van der Waals surface area contributed by atoms with Gasteiger partial charge in [0.2, 0.25) is 5.43 Å². The first-order valence-electron chi connectivity index (χ1n) is 7.99. The molecule has 2 heterocycles. The molecule has 0 saturated heterocycles. The largest absolute Gasteiger partial charge is 0.370 e. The Morgan fingerprint density at radius 2 is 1.92 bits per heavy atom. The van der Waals surface area contributed by atoms with Crippen LogP contribution in [-0.2, 0) is 19.9 Å². The molecule has 0 aliphatic heterocycles. The predicted octanol–water partition coefficient (Wildman–Crippen LogP) is 3.14. The van der Waals surface area contributed by atoms with Gasteiger partial charge in [-0.05, 0) is 52.6 Å². The molecule has 0 atom stereocenters. The Hall–Kier alpha value is -1.89. The molecule has 0 amide bonds. The minimum atomic E-state index is 0.0566. The van der Waals surface area contributed by atoms with Crippen molar-refractivity contribution in [3.8, 4) is 0 Å². The number of halogens is 1. The first-order chi connectivity index (χ1) is 11.5. The lowest BCUT2D eigenvalue weighted by Crippen LogP contribution is -2.32. The average molecular weight is 431 g/mol. The van der Waals surface area contributed by atoms with E-state index in [4.69, 9.17) is 0 Å². The number of aromatic nitrogens is 2. The quantitative estimate of drug-likeness (QED) is 0.586. The monoisotopic (exact) mass is 431 g/mol. The van der Waals surface area contributed by atoms with Crippen molar-refractivity contribution < 1.29 is 0 Å². The molecule has 0 radical (unpaired) electrons. The molecule has 2 aromatic heterocycles. The molecule has 0 spiro atoms. The number of fused-ring (bicyclic) bond motifs is 2. The molecule has 0 saturated carbocycles. The van der Waals surface area contributed by atoms with E-state index in [0.29, 0.717) is 11.4 Å². The van der Waals surface area contributed by atoms with Crippen molar-refractivity contribution in [3.05, 3.63) is 67.6 Å². The Bertz CT molecular complexity index is 971. The Labute approximate surface area is 154 Å². The van der Waals surface area contributed by atoms with Gasteiger partial charge in [-0.1, -0.05) is 24.3 Å². The van der Waals surface area contributed by atoms with Crippen molar-refractivity contribution in [3.63, 3.8) is 0 Å². The second-order valence-corrected chi connectivity index (χ2v) is 7.59. The molecule has 0 bridgehead atoms. The summed E-state index contributed by atoms with van der Waals surface area (Å²) in [6.45, 7) is 0. The molecule has 24 heavy (non-hydrogen) atoms. The molecule has 1 aliphatic carbocycles. The van der Waals surface area contributed by atoms with E-state index >= 15 is 0 Å². The van der Waals surface area contributed by atoms with Gasteiger partial charge in [-0.3, -0.25) is 4.79 Å². The number of hydrogen-bond donors (Lipinski definition) is 0. The first-order valence-corrected chi connectivity index (χ1v) is 9.07. The Balaban J connectivity index is 1.72. The number of pyridine rings is 2. The van der Waals surface area contributed by atoms with E-state index in [1.54, 1.807) is 0 Å². The van der Waals surface area contributed by atoms with Crippen LogP contribution in [0.15, 0.2) is 47.5 Å². The van der Waals surface area contributed by atoms with E-state index in [2.05, 4.69) is 63.8 Å². The summed E-state index contributed by atoms with van der Waals surface area (Å²) in [6, 6.07) is 11.0. The fraction of sp³-hybridized carbons (Fsp3) is 0.263. The van der Waals surface area contributed by atoms with Crippen LogP contribution in [0.1, 0.15) is 11.1 Å². The molecule has 5 heteroatoms. The molecular formula is C19H18IN3O. The van der Waals surface area contributed by atoms with Crippen molar-refractivity contribution in [2.75, 3.05) is 11.9 Å². The van der Waals surface area contributed by atoms with Crippen molar-refractivity contribution >= 4 is 39.3 Å². The summed E-state index contributed by atoms with van der Waals surface area (Å²) in [4.78, 5) is 19.3. The standard InChI is InChI=1S/C19H18IN3O/c1-22-11-17(20)18(24)16-9-15(10-21-19(16)22)23(2)14-7-12-5-3-4-6-13(12)8-14/h3-6,9-11,14H,7-8H2,1-2H3. The van der Waals surface area contributed by atoms with E-state index in [-0.39, 0.29) is 5.43 Å². The molecule has 3 aromatic rings.